The van der Waals surface area contributed by atoms with Crippen LogP contribution in [0.5, 0.6) is 0 Å². The van der Waals surface area contributed by atoms with Gasteiger partial charge in [0.15, 0.2) is 0 Å². The van der Waals surface area contributed by atoms with E-state index in [1.54, 1.807) is 0 Å². The predicted molar refractivity (Wildman–Crippen MR) is 54.9 cm³/mol. The first kappa shape index (κ1) is 10.1. The van der Waals surface area contributed by atoms with Crippen molar-refractivity contribution in [1.82, 2.24) is 0 Å². The molecule has 14 heavy (non-hydrogen) atoms. The molecular weight excluding hydrogens is 209 g/mol. The van der Waals surface area contributed by atoms with Gasteiger partial charge in [0.1, 0.15) is 0 Å². The van der Waals surface area contributed by atoms with E-state index < -0.39 is 0 Å². The summed E-state index contributed by atoms with van der Waals surface area (Å²) in [7, 11) is 0. The van der Waals surface area contributed by atoms with Crippen LogP contribution in [0.3, 0.4) is 0 Å². The topological polar surface area (TPSA) is 26.0 Å². The van der Waals surface area contributed by atoms with Crippen molar-refractivity contribution in [3.63, 3.8) is 0 Å². The third kappa shape index (κ3) is 1.31. The van der Waals surface area contributed by atoms with Crippen molar-refractivity contribution >= 4 is 5.69 Å². The Balaban J connectivity index is 0.000000750. The Labute approximate surface area is 97.0 Å². The fourth-order valence-corrected chi connectivity index (χ4v) is 2.86. The Morgan fingerprint density at radius 2 is 1.36 bits per heavy atom. The van der Waals surface area contributed by atoms with Gasteiger partial charge < -0.3 is 5.73 Å². The van der Waals surface area contributed by atoms with Gasteiger partial charge >= 0.3 is 0 Å². The minimum Gasteiger partial charge on any atom is -0.398 e. The van der Waals surface area contributed by atoms with E-state index in [2.05, 4.69) is 6.07 Å². The number of aryl methyl sites for hydroxylation is 2. The van der Waals surface area contributed by atoms with Gasteiger partial charge in [0.25, 0.3) is 0 Å². The van der Waals surface area contributed by atoms with Crippen LogP contribution in [0.25, 0.3) is 0 Å². The van der Waals surface area contributed by atoms with Gasteiger partial charge in [-0.1, -0.05) is 6.07 Å². The molecule has 0 aliphatic heterocycles. The normalized spacial score (nSPS) is 17.4. The minimum atomic E-state index is 0. The number of nitrogen functional groups attached to an aromatic ring is 1. The average Bonchev–Trinajstić information content (AvgIpc) is 2.71. The average molecular weight is 224 g/mol. The second-order valence-electron chi connectivity index (χ2n) is 4.27. The standard InChI is InChI=1S/C12H15N.V/c13-12-10-5-1-3-8(10)7-9-4-2-6-11(9)12;/h7H,1-6,13H2;. The summed E-state index contributed by atoms with van der Waals surface area (Å²) in [6, 6.07) is 2.42. The van der Waals surface area contributed by atoms with Gasteiger partial charge in [-0.15, -0.1) is 0 Å². The van der Waals surface area contributed by atoms with Gasteiger partial charge in [0.2, 0.25) is 0 Å². The molecule has 2 aliphatic rings. The molecule has 0 atom stereocenters. The Hall–Kier alpha value is -0.396. The van der Waals surface area contributed by atoms with Crippen molar-refractivity contribution in [2.24, 2.45) is 0 Å². The first-order chi connectivity index (χ1) is 6.36. The molecule has 2 N–H and O–H groups in total. The maximum absolute atomic E-state index is 6.19. The van der Waals surface area contributed by atoms with Crippen molar-refractivity contribution in [1.29, 1.82) is 0 Å². The maximum Gasteiger partial charge on any atom is 0.0384 e. The van der Waals surface area contributed by atoms with Crippen molar-refractivity contribution in [3.05, 3.63) is 28.3 Å². The minimum absolute atomic E-state index is 0. The van der Waals surface area contributed by atoms with E-state index in [-0.39, 0.29) is 18.6 Å². The summed E-state index contributed by atoms with van der Waals surface area (Å²) in [5, 5.41) is 0. The van der Waals surface area contributed by atoms with Gasteiger partial charge in [-0.05, 0) is 60.8 Å². The molecule has 0 bridgehead atoms. The fourth-order valence-electron chi connectivity index (χ4n) is 2.86. The summed E-state index contributed by atoms with van der Waals surface area (Å²) in [4.78, 5) is 0. The molecule has 1 nitrogen and oxygen atoms in total. The number of anilines is 1. The number of hydrogen-bond donors (Lipinski definition) is 1. The number of hydrogen-bond acceptors (Lipinski definition) is 1. The Kier molecular flexibility index (Phi) is 2.63. The van der Waals surface area contributed by atoms with Gasteiger partial charge in [-0.2, -0.15) is 0 Å². The molecule has 2 heteroatoms. The van der Waals surface area contributed by atoms with Crippen molar-refractivity contribution < 1.29 is 18.6 Å². The van der Waals surface area contributed by atoms with E-state index in [4.69, 9.17) is 5.73 Å². The van der Waals surface area contributed by atoms with E-state index in [0.29, 0.717) is 0 Å². The smallest absolute Gasteiger partial charge is 0.0384 e. The Morgan fingerprint density at radius 3 is 1.86 bits per heavy atom. The van der Waals surface area contributed by atoms with Crippen molar-refractivity contribution in [2.45, 2.75) is 38.5 Å². The van der Waals surface area contributed by atoms with E-state index in [9.17, 15) is 0 Å². The summed E-state index contributed by atoms with van der Waals surface area (Å²) in [6.07, 6.45) is 7.56. The van der Waals surface area contributed by atoms with E-state index >= 15 is 0 Å². The maximum atomic E-state index is 6.19. The van der Waals surface area contributed by atoms with Crippen LogP contribution in [0.2, 0.25) is 0 Å². The SMILES string of the molecule is Nc1c2c(cc3c1CCC3)CCC2.[V]. The summed E-state index contributed by atoms with van der Waals surface area (Å²) >= 11 is 0. The Morgan fingerprint density at radius 1 is 0.857 bits per heavy atom. The molecule has 1 aromatic carbocycles. The number of rotatable bonds is 0. The zero-order valence-corrected chi connectivity index (χ0v) is 9.74. The van der Waals surface area contributed by atoms with Crippen molar-refractivity contribution in [3.8, 4) is 0 Å². The van der Waals surface area contributed by atoms with Crippen molar-refractivity contribution in [2.75, 3.05) is 5.73 Å². The van der Waals surface area contributed by atoms with E-state index in [0.717, 1.165) is 5.69 Å². The molecule has 1 radical (unpaired) electrons. The zero-order valence-electron chi connectivity index (χ0n) is 8.34. The van der Waals surface area contributed by atoms with E-state index in [1.807, 2.05) is 0 Å². The van der Waals surface area contributed by atoms with Crippen LogP contribution in [0.15, 0.2) is 6.07 Å². The molecule has 0 heterocycles. The molecule has 0 amide bonds. The fraction of sp³-hybridized carbons (Fsp3) is 0.500. The van der Waals surface area contributed by atoms with E-state index in [1.165, 1.54) is 60.8 Å². The molecule has 0 aromatic heterocycles. The summed E-state index contributed by atoms with van der Waals surface area (Å²) in [6.45, 7) is 0. The monoisotopic (exact) mass is 224 g/mol. The number of nitrogens with two attached hydrogens (primary N) is 1. The molecule has 2 aliphatic carbocycles. The number of benzene rings is 1. The zero-order chi connectivity index (χ0) is 8.84. The van der Waals surface area contributed by atoms with Crippen LogP contribution in [0, 0.1) is 0 Å². The molecule has 0 fully saturated rings. The third-order valence-electron chi connectivity index (χ3n) is 3.52. The van der Waals surface area contributed by atoms with Gasteiger partial charge in [-0.3, -0.25) is 0 Å². The Bertz CT molecular complexity index is 339. The predicted octanol–water partition coefficient (Wildman–Crippen LogP) is 2.24. The summed E-state index contributed by atoms with van der Waals surface area (Å²) in [5.41, 5.74) is 13.4. The molecule has 3 rings (SSSR count). The first-order valence-electron chi connectivity index (χ1n) is 5.28. The first-order valence-corrected chi connectivity index (χ1v) is 5.28. The molecule has 0 saturated carbocycles. The van der Waals surface area contributed by atoms with Crippen LogP contribution in [-0.2, 0) is 44.2 Å². The van der Waals surface area contributed by atoms with Gasteiger partial charge in [-0.25, -0.2) is 0 Å². The molecule has 0 unspecified atom stereocenters. The van der Waals surface area contributed by atoms with Crippen LogP contribution in [0.4, 0.5) is 5.69 Å². The van der Waals surface area contributed by atoms with Crippen LogP contribution in [-0.4, -0.2) is 0 Å². The second kappa shape index (κ2) is 3.64. The van der Waals surface area contributed by atoms with Crippen LogP contribution in [0.1, 0.15) is 35.1 Å². The van der Waals surface area contributed by atoms with Crippen LogP contribution < -0.4 is 5.73 Å². The largest absolute Gasteiger partial charge is 0.398 e. The quantitative estimate of drug-likeness (QED) is 0.672. The van der Waals surface area contributed by atoms with Gasteiger partial charge in [0, 0.05) is 24.2 Å². The second-order valence-corrected chi connectivity index (χ2v) is 4.27. The summed E-state index contributed by atoms with van der Waals surface area (Å²) in [5.74, 6) is 0. The third-order valence-corrected chi connectivity index (χ3v) is 3.52. The van der Waals surface area contributed by atoms with Gasteiger partial charge in [0.05, 0.1) is 0 Å². The molecule has 0 spiro atoms. The molecular formula is C12H15NV. The van der Waals surface area contributed by atoms with Crippen LogP contribution >= 0.6 is 0 Å². The molecule has 73 valence electrons. The molecule has 0 saturated heterocycles. The molecule has 1 aromatic rings. The number of fused-ring (bicyclic) bond motifs is 2. The summed E-state index contributed by atoms with van der Waals surface area (Å²) < 4.78 is 0.